The van der Waals surface area contributed by atoms with Gasteiger partial charge < -0.3 is 4.90 Å². The van der Waals surface area contributed by atoms with E-state index in [1.165, 1.54) is 105 Å². The Labute approximate surface area is 408 Å². The molecule has 14 rings (SSSR count). The molecule has 0 N–H and O–H groups in total. The van der Waals surface area contributed by atoms with Crippen molar-refractivity contribution >= 4 is 38.6 Å². The maximum absolute atomic E-state index is 5.32. The highest BCUT2D eigenvalue weighted by Gasteiger charge is 2.51. The van der Waals surface area contributed by atoms with Gasteiger partial charge in [0, 0.05) is 23.0 Å². The molecule has 12 aromatic rings. The molecule has 2 nitrogen and oxygen atoms in total. The lowest BCUT2D eigenvalue weighted by atomic mass is 9.64. The van der Waals surface area contributed by atoms with Gasteiger partial charge in [-0.2, -0.15) is 0 Å². The molecule has 1 aliphatic heterocycles. The summed E-state index contributed by atoms with van der Waals surface area (Å²) in [5.74, 6) is 0. The van der Waals surface area contributed by atoms with E-state index in [0.29, 0.717) is 0 Å². The molecule has 70 heavy (non-hydrogen) atoms. The van der Waals surface area contributed by atoms with E-state index < -0.39 is 5.41 Å². The molecule has 0 atom stereocenters. The molecule has 11 aromatic carbocycles. The molecular weight excluding hydrogens is 845 g/mol. The zero-order valence-electron chi connectivity index (χ0n) is 38.3. The van der Waals surface area contributed by atoms with Crippen LogP contribution < -0.4 is 4.90 Å². The first-order valence-electron chi connectivity index (χ1n) is 24.2. The average Bonchev–Trinajstić information content (AvgIpc) is 3.73. The van der Waals surface area contributed by atoms with Crippen LogP contribution in [0.1, 0.15) is 22.3 Å². The van der Waals surface area contributed by atoms with Crippen molar-refractivity contribution in [1.82, 2.24) is 4.98 Å². The Morgan fingerprint density at radius 3 is 1.41 bits per heavy atom. The van der Waals surface area contributed by atoms with Crippen molar-refractivity contribution in [3.63, 3.8) is 0 Å². The Bertz CT molecular complexity index is 3920. The van der Waals surface area contributed by atoms with Crippen LogP contribution in [0.2, 0.25) is 0 Å². The first-order chi connectivity index (χ1) is 34.7. The monoisotopic (exact) mass is 888 g/mol. The smallest absolute Gasteiger partial charge is 0.0754 e. The molecule has 2 heterocycles. The number of anilines is 3. The quantitative estimate of drug-likeness (QED) is 0.155. The lowest BCUT2D eigenvalue weighted by Crippen LogP contribution is -2.36. The van der Waals surface area contributed by atoms with Crippen LogP contribution in [0, 0.1) is 0 Å². The lowest BCUT2D eigenvalue weighted by molar-refractivity contribution is 0.752. The van der Waals surface area contributed by atoms with Crippen molar-refractivity contribution in [1.29, 1.82) is 0 Å². The number of nitrogens with zero attached hydrogens (tertiary/aromatic N) is 2. The molecule has 0 saturated heterocycles. The fourth-order valence-corrected chi connectivity index (χ4v) is 11.9. The zero-order chi connectivity index (χ0) is 46.2. The molecule has 0 radical (unpaired) electrons. The summed E-state index contributed by atoms with van der Waals surface area (Å²) < 4.78 is 0. The Hall–Kier alpha value is -9.11. The van der Waals surface area contributed by atoms with E-state index in [9.17, 15) is 0 Å². The largest absolute Gasteiger partial charge is 0.310 e. The SMILES string of the molecule is c1ccc(-c2ccc(-c3c4ccccc4c(-c4ccc(-c5ccc6c(c5)-c5ccccc5C65c6ccccc6N(c6ccccc6)c6ccccc65)nc4)c4ccc(-c5ccccc5)cc34)cc2)cc1. The highest BCUT2D eigenvalue weighted by molar-refractivity contribution is 6.22. The molecule has 0 bridgehead atoms. The van der Waals surface area contributed by atoms with Gasteiger partial charge in [-0.25, -0.2) is 0 Å². The van der Waals surface area contributed by atoms with Crippen molar-refractivity contribution in [3.8, 4) is 66.9 Å². The number of para-hydroxylation sites is 3. The minimum atomic E-state index is -0.501. The molecule has 1 aromatic heterocycles. The van der Waals surface area contributed by atoms with Crippen LogP contribution >= 0.6 is 0 Å². The molecule has 326 valence electrons. The van der Waals surface area contributed by atoms with Gasteiger partial charge in [-0.05, 0) is 136 Å². The molecule has 2 aliphatic rings. The molecular formula is C68H44N2. The highest BCUT2D eigenvalue weighted by atomic mass is 15.2. The van der Waals surface area contributed by atoms with Crippen molar-refractivity contribution in [2.45, 2.75) is 5.41 Å². The summed E-state index contributed by atoms with van der Waals surface area (Å²) in [4.78, 5) is 7.75. The number of hydrogen-bond donors (Lipinski definition) is 0. The fourth-order valence-electron chi connectivity index (χ4n) is 11.9. The molecule has 1 aliphatic carbocycles. The van der Waals surface area contributed by atoms with E-state index in [0.717, 1.165) is 22.5 Å². The number of fused-ring (bicyclic) bond motifs is 11. The first kappa shape index (κ1) is 40.0. The Balaban J connectivity index is 0.912. The number of rotatable bonds is 6. The maximum atomic E-state index is 5.32. The molecule has 0 fully saturated rings. The second-order valence-electron chi connectivity index (χ2n) is 18.6. The van der Waals surface area contributed by atoms with Gasteiger partial charge in [0.05, 0.1) is 22.5 Å². The minimum Gasteiger partial charge on any atom is -0.310 e. The molecule has 2 heteroatoms. The predicted molar refractivity (Wildman–Crippen MR) is 292 cm³/mol. The summed E-state index contributed by atoms with van der Waals surface area (Å²) in [7, 11) is 0. The van der Waals surface area contributed by atoms with Crippen LogP contribution in [-0.2, 0) is 5.41 Å². The lowest BCUT2D eigenvalue weighted by Gasteiger charge is -2.45. The Morgan fingerprint density at radius 2 is 0.757 bits per heavy atom. The summed E-state index contributed by atoms with van der Waals surface area (Å²) in [5.41, 5.74) is 22.3. The Kier molecular flexibility index (Phi) is 9.15. The van der Waals surface area contributed by atoms with Crippen molar-refractivity contribution in [2.24, 2.45) is 0 Å². The number of benzene rings is 11. The van der Waals surface area contributed by atoms with Crippen LogP contribution in [0.3, 0.4) is 0 Å². The van der Waals surface area contributed by atoms with Gasteiger partial charge in [-0.1, -0.05) is 218 Å². The highest BCUT2D eigenvalue weighted by Crippen LogP contribution is 2.63. The van der Waals surface area contributed by atoms with Crippen molar-refractivity contribution in [3.05, 3.63) is 289 Å². The van der Waals surface area contributed by atoms with Crippen molar-refractivity contribution < 1.29 is 0 Å². The second-order valence-corrected chi connectivity index (χ2v) is 18.6. The predicted octanol–water partition coefficient (Wildman–Crippen LogP) is 17.9. The molecule has 1 spiro atoms. The van der Waals surface area contributed by atoms with Crippen LogP contribution in [-0.4, -0.2) is 4.98 Å². The van der Waals surface area contributed by atoms with Crippen LogP contribution in [0.25, 0.3) is 88.4 Å². The third-order valence-electron chi connectivity index (χ3n) is 14.9. The van der Waals surface area contributed by atoms with E-state index in [4.69, 9.17) is 4.98 Å². The third-order valence-corrected chi connectivity index (χ3v) is 14.9. The summed E-state index contributed by atoms with van der Waals surface area (Å²) in [6.07, 6.45) is 2.09. The van der Waals surface area contributed by atoms with Crippen LogP contribution in [0.5, 0.6) is 0 Å². The van der Waals surface area contributed by atoms with E-state index in [1.807, 2.05) is 0 Å². The summed E-state index contributed by atoms with van der Waals surface area (Å²) in [6.45, 7) is 0. The van der Waals surface area contributed by atoms with Gasteiger partial charge in [-0.15, -0.1) is 0 Å². The zero-order valence-corrected chi connectivity index (χ0v) is 38.3. The summed E-state index contributed by atoms with van der Waals surface area (Å²) in [5, 5.41) is 4.84. The number of pyridine rings is 1. The fraction of sp³-hybridized carbons (Fsp3) is 0.0147. The maximum Gasteiger partial charge on any atom is 0.0754 e. The van der Waals surface area contributed by atoms with Gasteiger partial charge >= 0.3 is 0 Å². The second kappa shape index (κ2) is 16.0. The van der Waals surface area contributed by atoms with Gasteiger partial charge in [-0.3, -0.25) is 4.98 Å². The van der Waals surface area contributed by atoms with E-state index >= 15 is 0 Å². The van der Waals surface area contributed by atoms with Crippen molar-refractivity contribution in [2.75, 3.05) is 4.90 Å². The first-order valence-corrected chi connectivity index (χ1v) is 24.2. The van der Waals surface area contributed by atoms with Gasteiger partial charge in [0.2, 0.25) is 0 Å². The van der Waals surface area contributed by atoms with Crippen LogP contribution in [0.4, 0.5) is 17.1 Å². The van der Waals surface area contributed by atoms with Gasteiger partial charge in [0.15, 0.2) is 0 Å². The summed E-state index contributed by atoms with van der Waals surface area (Å²) in [6, 6.07) is 95.6. The number of aromatic nitrogens is 1. The van der Waals surface area contributed by atoms with E-state index in [2.05, 4.69) is 272 Å². The van der Waals surface area contributed by atoms with Gasteiger partial charge in [0.25, 0.3) is 0 Å². The third kappa shape index (κ3) is 6.03. The summed E-state index contributed by atoms with van der Waals surface area (Å²) >= 11 is 0. The van der Waals surface area contributed by atoms with Gasteiger partial charge in [0.1, 0.15) is 0 Å². The Morgan fingerprint density at radius 1 is 0.286 bits per heavy atom. The molecule has 0 unspecified atom stereocenters. The standard InChI is InChI=1S/C68H44N2/c1-4-18-45(19-5-1)47-32-34-48(35-33-47)66-54-25-10-11-26-55(54)67(56-39-36-49(42-58(56)66)46-20-6-2-7-21-46)51-38-41-63(69-44-51)50-37-40-60-57(43-50)53-24-12-13-27-59(53)68(60)61-28-14-16-30-64(61)70(52-22-8-3-9-23-52)65-31-17-15-29-62(65)68/h1-44H. The molecule has 0 amide bonds. The molecule has 0 saturated carbocycles. The van der Waals surface area contributed by atoms with Crippen LogP contribution in [0.15, 0.2) is 267 Å². The normalized spacial score (nSPS) is 12.9. The minimum absolute atomic E-state index is 0.501. The average molecular weight is 889 g/mol. The van der Waals surface area contributed by atoms with E-state index in [1.54, 1.807) is 0 Å². The topological polar surface area (TPSA) is 16.1 Å². The van der Waals surface area contributed by atoms with E-state index in [-0.39, 0.29) is 0 Å². The number of hydrogen-bond acceptors (Lipinski definition) is 2.